The van der Waals surface area contributed by atoms with E-state index in [1.54, 1.807) is 33.3 Å². The van der Waals surface area contributed by atoms with Gasteiger partial charge in [0.1, 0.15) is 0 Å². The summed E-state index contributed by atoms with van der Waals surface area (Å²) in [7, 11) is 3.16. The summed E-state index contributed by atoms with van der Waals surface area (Å²) >= 11 is 0. The van der Waals surface area contributed by atoms with Gasteiger partial charge in [-0.25, -0.2) is 0 Å². The summed E-state index contributed by atoms with van der Waals surface area (Å²) in [6.07, 6.45) is 3.28. The van der Waals surface area contributed by atoms with Crippen molar-refractivity contribution in [1.29, 1.82) is 0 Å². The van der Waals surface area contributed by atoms with E-state index in [0.29, 0.717) is 18.1 Å². The largest absolute Gasteiger partial charge is 0.493 e. The zero-order chi connectivity index (χ0) is 13.2. The smallest absolute Gasteiger partial charge is 0.189 e. The Bertz CT molecular complexity index is 487. The number of ketones is 1. The molecule has 0 spiro atoms. The van der Waals surface area contributed by atoms with E-state index < -0.39 is 5.60 Å². The highest BCUT2D eigenvalue weighted by molar-refractivity contribution is 6.01. The van der Waals surface area contributed by atoms with Crippen molar-refractivity contribution >= 4 is 11.9 Å². The third-order valence-electron chi connectivity index (χ3n) is 2.93. The summed E-state index contributed by atoms with van der Waals surface area (Å²) in [4.78, 5) is 11.7. The van der Waals surface area contributed by atoms with Gasteiger partial charge in [-0.15, -0.1) is 0 Å². The van der Waals surface area contributed by atoms with Crippen LogP contribution in [0, 0.1) is 0 Å². The van der Waals surface area contributed by atoms with E-state index in [-0.39, 0.29) is 5.78 Å². The second-order valence-electron chi connectivity index (χ2n) is 4.33. The van der Waals surface area contributed by atoms with Gasteiger partial charge >= 0.3 is 0 Å². The van der Waals surface area contributed by atoms with Crippen LogP contribution in [-0.4, -0.2) is 32.2 Å². The molecule has 0 aromatic heterocycles. The molecular weight excluding hydrogens is 232 g/mol. The fourth-order valence-electron chi connectivity index (χ4n) is 1.56. The minimum atomic E-state index is -0.604. The van der Waals surface area contributed by atoms with Crippen molar-refractivity contribution in [2.75, 3.05) is 20.8 Å². The van der Waals surface area contributed by atoms with Crippen LogP contribution in [0.2, 0.25) is 0 Å². The second kappa shape index (κ2) is 4.82. The van der Waals surface area contributed by atoms with Gasteiger partial charge in [0.25, 0.3) is 0 Å². The van der Waals surface area contributed by atoms with E-state index in [4.69, 9.17) is 14.2 Å². The number of rotatable bonds is 5. The van der Waals surface area contributed by atoms with Crippen LogP contribution in [0.3, 0.4) is 0 Å². The molecule has 1 heterocycles. The van der Waals surface area contributed by atoms with Gasteiger partial charge in [-0.05, 0) is 30.7 Å². The molecule has 1 fully saturated rings. The fraction of sp³-hybridized carbons (Fsp3) is 0.357. The van der Waals surface area contributed by atoms with Crippen molar-refractivity contribution in [3.8, 4) is 11.5 Å². The first-order valence-corrected chi connectivity index (χ1v) is 5.67. The summed E-state index contributed by atoms with van der Waals surface area (Å²) in [5, 5.41) is 0. The monoisotopic (exact) mass is 248 g/mol. The number of hydrogen-bond donors (Lipinski definition) is 0. The van der Waals surface area contributed by atoms with Gasteiger partial charge in [-0.1, -0.05) is 12.1 Å². The van der Waals surface area contributed by atoms with Gasteiger partial charge in [0.05, 0.1) is 20.8 Å². The van der Waals surface area contributed by atoms with Crippen LogP contribution in [-0.2, 0) is 9.53 Å². The molecule has 0 amide bonds. The van der Waals surface area contributed by atoms with Gasteiger partial charge in [0, 0.05) is 0 Å². The Morgan fingerprint density at radius 1 is 1.33 bits per heavy atom. The van der Waals surface area contributed by atoms with Crippen molar-refractivity contribution in [1.82, 2.24) is 0 Å². The van der Waals surface area contributed by atoms with E-state index >= 15 is 0 Å². The molecule has 18 heavy (non-hydrogen) atoms. The van der Waals surface area contributed by atoms with Gasteiger partial charge in [-0.3, -0.25) is 4.79 Å². The molecule has 2 rings (SSSR count). The molecule has 0 unspecified atom stereocenters. The van der Waals surface area contributed by atoms with Crippen molar-refractivity contribution in [3.63, 3.8) is 0 Å². The van der Waals surface area contributed by atoms with Crippen LogP contribution in [0.1, 0.15) is 12.5 Å². The molecule has 1 atom stereocenters. The number of methoxy groups -OCH3 is 2. The number of ether oxygens (including phenoxy) is 3. The van der Waals surface area contributed by atoms with Gasteiger partial charge in [-0.2, -0.15) is 0 Å². The number of epoxide rings is 1. The van der Waals surface area contributed by atoms with E-state index in [0.717, 1.165) is 5.56 Å². The molecule has 4 heteroatoms. The van der Waals surface area contributed by atoms with Crippen LogP contribution < -0.4 is 9.47 Å². The molecular formula is C14H16O4. The Morgan fingerprint density at radius 2 is 2.00 bits per heavy atom. The lowest BCUT2D eigenvalue weighted by Crippen LogP contribution is -2.17. The summed E-state index contributed by atoms with van der Waals surface area (Å²) in [5.41, 5.74) is 0.276. The lowest BCUT2D eigenvalue weighted by Gasteiger charge is -2.07. The number of carbonyl (C=O) groups is 1. The minimum Gasteiger partial charge on any atom is -0.493 e. The summed E-state index contributed by atoms with van der Waals surface area (Å²) in [6.45, 7) is 2.29. The van der Waals surface area contributed by atoms with E-state index in [1.165, 1.54) is 6.08 Å². The van der Waals surface area contributed by atoms with E-state index in [2.05, 4.69) is 0 Å². The molecule has 4 nitrogen and oxygen atoms in total. The van der Waals surface area contributed by atoms with Crippen molar-refractivity contribution in [2.24, 2.45) is 0 Å². The SMILES string of the molecule is COc1ccc(C=CC(=O)[C@@]2(C)CO2)cc1OC. The van der Waals surface area contributed by atoms with Crippen molar-refractivity contribution in [3.05, 3.63) is 29.8 Å². The molecule has 96 valence electrons. The van der Waals surface area contributed by atoms with Crippen LogP contribution in [0.15, 0.2) is 24.3 Å². The van der Waals surface area contributed by atoms with Crippen molar-refractivity contribution in [2.45, 2.75) is 12.5 Å². The normalized spacial score (nSPS) is 21.9. The molecule has 0 radical (unpaired) electrons. The highest BCUT2D eigenvalue weighted by Crippen LogP contribution is 2.29. The average molecular weight is 248 g/mol. The summed E-state index contributed by atoms with van der Waals surface area (Å²) in [5.74, 6) is 1.29. The predicted octanol–water partition coefficient (Wildman–Crippen LogP) is 2.08. The lowest BCUT2D eigenvalue weighted by molar-refractivity contribution is -0.118. The van der Waals surface area contributed by atoms with Crippen LogP contribution in [0.4, 0.5) is 0 Å². The Balaban J connectivity index is 2.14. The topological polar surface area (TPSA) is 48.1 Å². The van der Waals surface area contributed by atoms with E-state index in [1.807, 2.05) is 12.1 Å². The molecule has 0 saturated carbocycles. The molecule has 0 bridgehead atoms. The number of benzene rings is 1. The third-order valence-corrected chi connectivity index (χ3v) is 2.93. The first-order valence-electron chi connectivity index (χ1n) is 5.67. The van der Waals surface area contributed by atoms with Crippen molar-refractivity contribution < 1.29 is 19.0 Å². The summed E-state index contributed by atoms with van der Waals surface area (Å²) < 4.78 is 15.4. The maximum absolute atomic E-state index is 11.7. The minimum absolute atomic E-state index is 0.0164. The van der Waals surface area contributed by atoms with Gasteiger partial charge < -0.3 is 14.2 Å². The second-order valence-corrected chi connectivity index (χ2v) is 4.33. The zero-order valence-electron chi connectivity index (χ0n) is 10.7. The van der Waals surface area contributed by atoms with Crippen LogP contribution in [0.25, 0.3) is 6.08 Å². The number of hydrogen-bond acceptors (Lipinski definition) is 4. The Labute approximate surface area is 106 Å². The highest BCUT2D eigenvalue weighted by atomic mass is 16.6. The van der Waals surface area contributed by atoms with E-state index in [9.17, 15) is 4.79 Å². The molecule has 1 aromatic carbocycles. The standard InChI is InChI=1S/C14H16O4/c1-14(9-18-14)13(15)7-5-10-4-6-11(16-2)12(8-10)17-3/h4-8H,9H2,1-3H3/t14-/m1/s1. The Kier molecular flexibility index (Phi) is 3.39. The Morgan fingerprint density at radius 3 is 2.56 bits per heavy atom. The lowest BCUT2D eigenvalue weighted by atomic mass is 10.1. The zero-order valence-corrected chi connectivity index (χ0v) is 10.7. The first-order chi connectivity index (χ1) is 8.59. The van der Waals surface area contributed by atoms with Crippen LogP contribution >= 0.6 is 0 Å². The maximum atomic E-state index is 11.7. The molecule has 1 aromatic rings. The molecule has 1 saturated heterocycles. The molecule has 1 aliphatic rings. The molecule has 1 aliphatic heterocycles. The molecule has 0 N–H and O–H groups in total. The number of carbonyl (C=O) groups excluding carboxylic acids is 1. The molecule has 0 aliphatic carbocycles. The first kappa shape index (κ1) is 12.6. The highest BCUT2D eigenvalue weighted by Gasteiger charge is 2.45. The Hall–Kier alpha value is -1.81. The quantitative estimate of drug-likeness (QED) is 0.591. The average Bonchev–Trinajstić information content (AvgIpc) is 3.14. The fourth-order valence-corrected chi connectivity index (χ4v) is 1.56. The maximum Gasteiger partial charge on any atom is 0.189 e. The van der Waals surface area contributed by atoms with Gasteiger partial charge in [0.15, 0.2) is 22.9 Å². The third kappa shape index (κ3) is 2.54. The summed E-state index contributed by atoms with van der Waals surface area (Å²) in [6, 6.07) is 5.48. The van der Waals surface area contributed by atoms with Gasteiger partial charge in [0.2, 0.25) is 0 Å². The van der Waals surface area contributed by atoms with Crippen LogP contribution in [0.5, 0.6) is 11.5 Å². The predicted molar refractivity (Wildman–Crippen MR) is 67.9 cm³/mol.